The molecule has 0 radical (unpaired) electrons. The molecule has 0 aliphatic rings. The molecule has 0 atom stereocenters. The fraction of sp³-hybridized carbons (Fsp3) is 0.933. The molecule has 0 aromatic carbocycles. The van der Waals surface area contributed by atoms with Crippen molar-refractivity contribution in [3.05, 3.63) is 0 Å². The van der Waals surface area contributed by atoms with Gasteiger partial charge in [0.15, 0.2) is 0 Å². The molecule has 0 aliphatic heterocycles. The minimum absolute atomic E-state index is 0.0685. The van der Waals surface area contributed by atoms with Gasteiger partial charge in [0.05, 0.1) is 26.4 Å². The zero-order valence-corrected chi connectivity index (χ0v) is 49.6. The number of carbonyl (C=O) groups is 4. The number of nitrogens with zero attached hydrogens (tertiary/aromatic N) is 1. The third-order valence-electron chi connectivity index (χ3n) is 12.8. The molecule has 0 unspecified atom stereocenters. The molecule has 0 aliphatic carbocycles. The Morgan fingerprint density at radius 3 is 1.15 bits per heavy atom. The fourth-order valence-electron chi connectivity index (χ4n) is 8.34. The third kappa shape index (κ3) is 54.6. The van der Waals surface area contributed by atoms with Crippen LogP contribution in [0.3, 0.4) is 0 Å². The number of nitrogens with one attached hydrogen (secondary N) is 3. The first-order valence-corrected chi connectivity index (χ1v) is 30.8. The van der Waals surface area contributed by atoms with Gasteiger partial charge in [-0.2, -0.15) is 0 Å². The van der Waals surface area contributed by atoms with Gasteiger partial charge in [0.25, 0.3) is 0 Å². The van der Waals surface area contributed by atoms with Gasteiger partial charge in [-0.25, -0.2) is 4.79 Å². The maximum absolute atomic E-state index is 12.9. The number of rotatable bonds is 57. The number of alkyl carbamates (subject to hydrolysis) is 1. The normalized spacial score (nSPS) is 11.8. The van der Waals surface area contributed by atoms with Crippen molar-refractivity contribution >= 4 is 23.9 Å². The first-order chi connectivity index (χ1) is 36.4. The molecule has 0 bridgehead atoms. The van der Waals surface area contributed by atoms with Crippen LogP contribution >= 0.6 is 0 Å². The van der Waals surface area contributed by atoms with Crippen LogP contribution in [0.4, 0.5) is 4.79 Å². The minimum atomic E-state index is -0.511. The Kier molecular flexibility index (Phi) is 52.9. The lowest BCUT2D eigenvalue weighted by atomic mass is 10.1. The summed E-state index contributed by atoms with van der Waals surface area (Å²) >= 11 is 0. The maximum atomic E-state index is 12.9. The molecule has 444 valence electrons. The second kappa shape index (κ2) is 54.8. The molecule has 2 amide bonds. The van der Waals surface area contributed by atoms with E-state index < -0.39 is 11.7 Å². The molecular weight excluding hydrogens is 953 g/mol. The Morgan fingerprint density at radius 2 is 0.760 bits per heavy atom. The van der Waals surface area contributed by atoms with Gasteiger partial charge in [-0.05, 0) is 111 Å². The van der Waals surface area contributed by atoms with Crippen LogP contribution in [0.25, 0.3) is 0 Å². The van der Waals surface area contributed by atoms with Gasteiger partial charge in [-0.1, -0.05) is 143 Å². The molecular formula is C60H118N4O11. The molecule has 0 rings (SSSR count). The van der Waals surface area contributed by atoms with Gasteiger partial charge >= 0.3 is 18.0 Å². The van der Waals surface area contributed by atoms with Crippen molar-refractivity contribution < 1.29 is 52.3 Å². The van der Waals surface area contributed by atoms with Crippen LogP contribution in [-0.2, 0) is 47.5 Å². The standard InChI is InChI=1S/C60H118N4O11/c1-8-12-16-30-46-69-50-54(51-70-47-31-17-13-9-2)73-57(66)36-26-22-20-24-28-43-64(45-38-56(65)62-41-34-39-61-40-35-42-63-59(68)75-60(5,6)7)44-29-25-21-23-27-37-58(67)74-55(52-71-48-32-18-14-10-3)53-72-49-33-19-15-11-4/h54-55,61H,8-53H2,1-7H3,(H,62,65)(H,63,68). The van der Waals surface area contributed by atoms with Crippen LogP contribution in [0.1, 0.15) is 248 Å². The van der Waals surface area contributed by atoms with E-state index in [9.17, 15) is 19.2 Å². The van der Waals surface area contributed by atoms with Crippen molar-refractivity contribution in [3.8, 4) is 0 Å². The van der Waals surface area contributed by atoms with E-state index in [2.05, 4.69) is 48.5 Å². The summed E-state index contributed by atoms with van der Waals surface area (Å²) in [6.07, 6.45) is 29.8. The second-order valence-corrected chi connectivity index (χ2v) is 21.6. The van der Waals surface area contributed by atoms with E-state index in [1.807, 2.05) is 20.8 Å². The molecule has 3 N–H and O–H groups in total. The van der Waals surface area contributed by atoms with Gasteiger partial charge < -0.3 is 54.0 Å². The van der Waals surface area contributed by atoms with Crippen molar-refractivity contribution in [3.63, 3.8) is 0 Å². The van der Waals surface area contributed by atoms with Crippen molar-refractivity contribution in [1.82, 2.24) is 20.9 Å². The van der Waals surface area contributed by atoms with E-state index in [-0.39, 0.29) is 30.1 Å². The summed E-state index contributed by atoms with van der Waals surface area (Å²) in [5.41, 5.74) is -0.511. The van der Waals surface area contributed by atoms with Gasteiger partial charge in [0.2, 0.25) is 5.91 Å². The molecule has 0 fully saturated rings. The SMILES string of the molecule is CCCCCCOCC(COCCCCCC)OC(=O)CCCCCCCN(CCCCCCCC(=O)OC(COCCCCCC)COCCCCCC)CCC(=O)NCCCNCCCNC(=O)OC(C)(C)C. The predicted molar refractivity (Wildman–Crippen MR) is 305 cm³/mol. The molecule has 0 aromatic rings. The molecule has 0 spiro atoms. The molecule has 15 nitrogen and oxygen atoms in total. The van der Waals surface area contributed by atoms with Crippen LogP contribution in [-0.4, -0.2) is 145 Å². The van der Waals surface area contributed by atoms with E-state index >= 15 is 0 Å². The van der Waals surface area contributed by atoms with Crippen LogP contribution in [0.2, 0.25) is 0 Å². The summed E-state index contributed by atoms with van der Waals surface area (Å²) in [5, 5.41) is 9.25. The van der Waals surface area contributed by atoms with Gasteiger partial charge in [-0.15, -0.1) is 0 Å². The quantitative estimate of drug-likeness (QED) is 0.0299. The second-order valence-electron chi connectivity index (χ2n) is 21.6. The molecule has 75 heavy (non-hydrogen) atoms. The van der Waals surface area contributed by atoms with Gasteiger partial charge in [-0.3, -0.25) is 14.4 Å². The number of hydrogen-bond donors (Lipinski definition) is 3. The number of amides is 2. The van der Waals surface area contributed by atoms with E-state index in [0.29, 0.717) is 91.8 Å². The largest absolute Gasteiger partial charge is 0.457 e. The summed E-state index contributed by atoms with van der Waals surface area (Å²) in [4.78, 5) is 52.9. The van der Waals surface area contributed by atoms with E-state index in [1.165, 1.54) is 51.4 Å². The third-order valence-corrected chi connectivity index (χ3v) is 12.8. The zero-order valence-electron chi connectivity index (χ0n) is 49.6. The zero-order chi connectivity index (χ0) is 55.1. The lowest BCUT2D eigenvalue weighted by molar-refractivity contribution is -0.157. The average molecular weight is 1070 g/mol. The molecule has 0 heterocycles. The first kappa shape index (κ1) is 72.4. The van der Waals surface area contributed by atoms with E-state index in [1.54, 1.807) is 0 Å². The maximum Gasteiger partial charge on any atom is 0.407 e. The average Bonchev–Trinajstić information content (AvgIpc) is 3.37. The van der Waals surface area contributed by atoms with Crippen molar-refractivity contribution in [2.24, 2.45) is 0 Å². The summed E-state index contributed by atoms with van der Waals surface area (Å²) < 4.78 is 40.5. The summed E-state index contributed by atoms with van der Waals surface area (Å²) in [7, 11) is 0. The Hall–Kier alpha value is -2.56. The number of unbranched alkanes of at least 4 members (excludes halogenated alkanes) is 20. The van der Waals surface area contributed by atoms with Crippen molar-refractivity contribution in [2.75, 3.05) is 98.7 Å². The number of ether oxygens (including phenoxy) is 7. The smallest absolute Gasteiger partial charge is 0.407 e. The molecule has 0 saturated heterocycles. The molecule has 0 saturated carbocycles. The Labute approximate surface area is 459 Å². The molecule has 0 aromatic heterocycles. The Balaban J connectivity index is 4.90. The van der Waals surface area contributed by atoms with Crippen LogP contribution < -0.4 is 16.0 Å². The summed E-state index contributed by atoms with van der Waals surface area (Å²) in [6, 6.07) is 0. The lowest BCUT2D eigenvalue weighted by Crippen LogP contribution is -2.34. The monoisotopic (exact) mass is 1070 g/mol. The van der Waals surface area contributed by atoms with Crippen molar-refractivity contribution in [2.45, 2.75) is 265 Å². The summed E-state index contributed by atoms with van der Waals surface area (Å²) in [5.74, 6) is -0.282. The predicted octanol–water partition coefficient (Wildman–Crippen LogP) is 12.6. The number of esters is 2. The number of hydrogen-bond acceptors (Lipinski definition) is 13. The fourth-order valence-corrected chi connectivity index (χ4v) is 8.34. The Bertz CT molecular complexity index is 1190. The topological polar surface area (TPSA) is 172 Å². The van der Waals surface area contributed by atoms with Crippen LogP contribution in [0, 0.1) is 0 Å². The van der Waals surface area contributed by atoms with Gasteiger partial charge in [0.1, 0.15) is 17.8 Å². The highest BCUT2D eigenvalue weighted by atomic mass is 16.6. The van der Waals surface area contributed by atoms with Crippen molar-refractivity contribution in [1.29, 1.82) is 0 Å². The Morgan fingerprint density at radius 1 is 0.400 bits per heavy atom. The highest BCUT2D eigenvalue weighted by Crippen LogP contribution is 2.13. The van der Waals surface area contributed by atoms with Crippen LogP contribution in [0.5, 0.6) is 0 Å². The lowest BCUT2D eigenvalue weighted by Gasteiger charge is -2.22. The van der Waals surface area contributed by atoms with Crippen LogP contribution in [0.15, 0.2) is 0 Å². The van der Waals surface area contributed by atoms with Gasteiger partial charge in [0, 0.05) is 65.3 Å². The number of carbonyl (C=O) groups excluding carboxylic acids is 4. The highest BCUT2D eigenvalue weighted by molar-refractivity contribution is 5.76. The first-order valence-electron chi connectivity index (χ1n) is 30.8. The van der Waals surface area contributed by atoms with E-state index in [0.717, 1.165) is 155 Å². The minimum Gasteiger partial charge on any atom is -0.457 e. The van der Waals surface area contributed by atoms with E-state index in [4.69, 9.17) is 33.2 Å². The molecule has 15 heteroatoms. The summed E-state index contributed by atoms with van der Waals surface area (Å²) in [6.45, 7) is 23.9. The highest BCUT2D eigenvalue weighted by Gasteiger charge is 2.18.